The third-order valence-corrected chi connectivity index (χ3v) is 3.93. The van der Waals surface area contributed by atoms with Crippen LogP contribution in [0.2, 0.25) is 0 Å². The van der Waals surface area contributed by atoms with Gasteiger partial charge in [0, 0.05) is 10.9 Å². The molecule has 1 aromatic heterocycles. The third-order valence-electron chi connectivity index (χ3n) is 3.93. The molecule has 3 nitrogen and oxygen atoms in total. The Labute approximate surface area is 120 Å². The molecule has 1 heterocycles. The molecule has 20 heavy (non-hydrogen) atoms. The topological polar surface area (TPSA) is 34.4 Å². The van der Waals surface area contributed by atoms with E-state index in [4.69, 9.17) is 9.15 Å². The second-order valence-electron chi connectivity index (χ2n) is 5.73. The molecule has 3 rings (SSSR count). The number of aryl methyl sites for hydroxylation is 1. The summed E-state index contributed by atoms with van der Waals surface area (Å²) in [5.74, 6) is 2.63. The van der Waals surface area contributed by atoms with Gasteiger partial charge in [-0.1, -0.05) is 6.92 Å². The summed E-state index contributed by atoms with van der Waals surface area (Å²) in [5, 5.41) is 4.70. The molecule has 1 saturated carbocycles. The van der Waals surface area contributed by atoms with Crippen LogP contribution in [0.15, 0.2) is 16.5 Å². The highest BCUT2D eigenvalue weighted by Crippen LogP contribution is 2.47. The van der Waals surface area contributed by atoms with Gasteiger partial charge < -0.3 is 14.5 Å². The lowest BCUT2D eigenvalue weighted by Gasteiger charge is -2.03. The van der Waals surface area contributed by atoms with Gasteiger partial charge in [0.25, 0.3) is 0 Å². The van der Waals surface area contributed by atoms with Crippen molar-refractivity contribution in [1.82, 2.24) is 5.32 Å². The van der Waals surface area contributed by atoms with Gasteiger partial charge in [0.15, 0.2) is 11.3 Å². The fraction of sp³-hybridized carbons (Fsp3) is 0.529. The van der Waals surface area contributed by atoms with Crippen molar-refractivity contribution in [2.24, 2.45) is 0 Å². The predicted octanol–water partition coefficient (Wildman–Crippen LogP) is 4.13. The maximum atomic E-state index is 6.14. The molecule has 0 radical (unpaired) electrons. The Balaban J connectivity index is 2.07. The van der Waals surface area contributed by atoms with Crippen LogP contribution in [0.4, 0.5) is 0 Å². The van der Waals surface area contributed by atoms with Gasteiger partial charge in [0.05, 0.1) is 13.7 Å². The van der Waals surface area contributed by atoms with E-state index in [9.17, 15) is 0 Å². The largest absolute Gasteiger partial charge is 0.493 e. The molecule has 3 heteroatoms. The molecule has 1 aromatic carbocycles. The maximum Gasteiger partial charge on any atom is 0.176 e. The first-order valence-corrected chi connectivity index (χ1v) is 7.55. The summed E-state index contributed by atoms with van der Waals surface area (Å²) in [6, 6.07) is 4.28. The minimum atomic E-state index is 0.682. The number of methoxy groups -OCH3 is 1. The highest BCUT2D eigenvalue weighted by atomic mass is 16.5. The molecule has 108 valence electrons. The zero-order chi connectivity index (χ0) is 14.1. The number of ether oxygens (including phenoxy) is 1. The minimum absolute atomic E-state index is 0.682. The molecule has 0 spiro atoms. The van der Waals surface area contributed by atoms with E-state index in [-0.39, 0.29) is 0 Å². The normalized spacial score (nSPS) is 14.9. The number of furan rings is 1. The second kappa shape index (κ2) is 5.49. The Morgan fingerprint density at radius 3 is 2.80 bits per heavy atom. The summed E-state index contributed by atoms with van der Waals surface area (Å²) < 4.78 is 11.6. The first-order chi connectivity index (χ1) is 9.74. The van der Waals surface area contributed by atoms with E-state index in [0.717, 1.165) is 36.6 Å². The van der Waals surface area contributed by atoms with Crippen molar-refractivity contribution in [2.45, 2.75) is 45.6 Å². The zero-order valence-corrected chi connectivity index (χ0v) is 12.6. The van der Waals surface area contributed by atoms with Crippen LogP contribution in [0.3, 0.4) is 0 Å². The molecule has 1 aliphatic carbocycles. The average Bonchev–Trinajstić information content (AvgIpc) is 3.20. The number of fused-ring (bicyclic) bond motifs is 1. The average molecular weight is 273 g/mol. The molecule has 0 atom stereocenters. The van der Waals surface area contributed by atoms with E-state index in [1.54, 1.807) is 7.11 Å². The van der Waals surface area contributed by atoms with Gasteiger partial charge in [-0.15, -0.1) is 0 Å². The Hall–Kier alpha value is -1.48. The quantitative estimate of drug-likeness (QED) is 0.804. The van der Waals surface area contributed by atoms with Crippen molar-refractivity contribution < 1.29 is 9.15 Å². The van der Waals surface area contributed by atoms with Crippen LogP contribution in [-0.4, -0.2) is 13.7 Å². The van der Waals surface area contributed by atoms with Crippen molar-refractivity contribution in [3.63, 3.8) is 0 Å². The lowest BCUT2D eigenvalue weighted by atomic mass is 10.0. The van der Waals surface area contributed by atoms with Crippen molar-refractivity contribution in [2.75, 3.05) is 13.7 Å². The highest BCUT2D eigenvalue weighted by Gasteiger charge is 2.31. The molecule has 2 aromatic rings. The zero-order valence-electron chi connectivity index (χ0n) is 12.6. The van der Waals surface area contributed by atoms with Crippen LogP contribution in [-0.2, 0) is 6.54 Å². The number of hydrogen-bond acceptors (Lipinski definition) is 3. The van der Waals surface area contributed by atoms with Gasteiger partial charge >= 0.3 is 0 Å². The highest BCUT2D eigenvalue weighted by molar-refractivity contribution is 5.89. The van der Waals surface area contributed by atoms with Crippen molar-refractivity contribution in [3.8, 4) is 5.75 Å². The summed E-state index contributed by atoms with van der Waals surface area (Å²) in [7, 11) is 1.71. The molecule has 1 N–H and O–H groups in total. The minimum Gasteiger partial charge on any atom is -0.493 e. The van der Waals surface area contributed by atoms with Gasteiger partial charge in [-0.2, -0.15) is 0 Å². The van der Waals surface area contributed by atoms with Crippen LogP contribution in [0.25, 0.3) is 11.0 Å². The van der Waals surface area contributed by atoms with Crippen molar-refractivity contribution in [1.29, 1.82) is 0 Å². The Bertz CT molecular complexity index is 611. The lowest BCUT2D eigenvalue weighted by Crippen LogP contribution is -2.14. The maximum absolute atomic E-state index is 6.14. The molecule has 0 saturated heterocycles. The molecule has 1 aliphatic rings. The Morgan fingerprint density at radius 1 is 1.35 bits per heavy atom. The first kappa shape index (κ1) is 13.5. The summed E-state index contributed by atoms with van der Waals surface area (Å²) >= 11 is 0. The lowest BCUT2D eigenvalue weighted by molar-refractivity contribution is 0.405. The molecule has 1 fully saturated rings. The van der Waals surface area contributed by atoms with Gasteiger partial charge in [-0.05, 0) is 56.3 Å². The van der Waals surface area contributed by atoms with E-state index in [2.05, 4.69) is 25.2 Å². The van der Waals surface area contributed by atoms with Crippen molar-refractivity contribution in [3.05, 3.63) is 29.0 Å². The molecule has 0 bridgehead atoms. The Kier molecular flexibility index (Phi) is 3.70. The SMILES string of the molecule is CCCNCc1oc2c(OC)cc(C)cc2c1C1CC1. The van der Waals surface area contributed by atoms with E-state index in [1.807, 2.05) is 6.07 Å². The van der Waals surface area contributed by atoms with Crippen LogP contribution in [0.1, 0.15) is 49.0 Å². The van der Waals surface area contributed by atoms with Crippen LogP contribution in [0.5, 0.6) is 5.75 Å². The number of rotatable bonds is 6. The fourth-order valence-corrected chi connectivity index (χ4v) is 2.85. The molecule has 0 aliphatic heterocycles. The molecule has 0 amide bonds. The Morgan fingerprint density at radius 2 is 2.15 bits per heavy atom. The smallest absolute Gasteiger partial charge is 0.176 e. The van der Waals surface area contributed by atoms with Crippen molar-refractivity contribution >= 4 is 11.0 Å². The van der Waals surface area contributed by atoms with E-state index < -0.39 is 0 Å². The summed E-state index contributed by atoms with van der Waals surface area (Å²) in [6.07, 6.45) is 3.71. The van der Waals surface area contributed by atoms with Gasteiger partial charge in [0.2, 0.25) is 0 Å². The van der Waals surface area contributed by atoms with E-state index >= 15 is 0 Å². The molecular formula is C17H23NO2. The number of benzene rings is 1. The molecular weight excluding hydrogens is 250 g/mol. The monoisotopic (exact) mass is 273 g/mol. The summed E-state index contributed by atoms with van der Waals surface area (Å²) in [5.41, 5.74) is 3.55. The summed E-state index contributed by atoms with van der Waals surface area (Å²) in [6.45, 7) is 6.13. The second-order valence-corrected chi connectivity index (χ2v) is 5.73. The number of hydrogen-bond donors (Lipinski definition) is 1. The first-order valence-electron chi connectivity index (χ1n) is 7.55. The van der Waals surface area contributed by atoms with Gasteiger partial charge in [-0.25, -0.2) is 0 Å². The standard InChI is InChI=1S/C17H23NO2/c1-4-7-18-10-15-16(12-5-6-12)13-8-11(2)9-14(19-3)17(13)20-15/h8-9,12,18H,4-7,10H2,1-3H3. The van der Waals surface area contributed by atoms with Crippen LogP contribution >= 0.6 is 0 Å². The number of nitrogens with one attached hydrogen (secondary N) is 1. The summed E-state index contributed by atoms with van der Waals surface area (Å²) in [4.78, 5) is 0. The third kappa shape index (κ3) is 2.42. The molecule has 0 unspecified atom stereocenters. The predicted molar refractivity (Wildman–Crippen MR) is 81.5 cm³/mol. The van der Waals surface area contributed by atoms with Gasteiger partial charge in [-0.3, -0.25) is 0 Å². The van der Waals surface area contributed by atoms with E-state index in [1.165, 1.54) is 29.4 Å². The fourth-order valence-electron chi connectivity index (χ4n) is 2.85. The van der Waals surface area contributed by atoms with E-state index in [0.29, 0.717) is 5.92 Å². The van der Waals surface area contributed by atoms with Gasteiger partial charge in [0.1, 0.15) is 5.76 Å². The van der Waals surface area contributed by atoms with Crippen LogP contribution in [0, 0.1) is 6.92 Å². The van der Waals surface area contributed by atoms with Crippen LogP contribution < -0.4 is 10.1 Å².